The van der Waals surface area contributed by atoms with E-state index in [9.17, 15) is 4.79 Å². The van der Waals surface area contributed by atoms with Crippen molar-refractivity contribution in [2.45, 2.75) is 13.0 Å². The van der Waals surface area contributed by atoms with Gasteiger partial charge in [0.2, 0.25) is 0 Å². The number of carbonyl (C=O) groups excluding carboxylic acids is 1. The molecular weight excluding hydrogens is 378 g/mol. The topological polar surface area (TPSA) is 46.1 Å². The molecule has 0 spiro atoms. The average Bonchev–Trinajstić information content (AvgIpc) is 2.98. The fourth-order valence-corrected chi connectivity index (χ4v) is 3.56. The molecule has 3 aromatic rings. The Labute approximate surface area is 154 Å². The van der Waals surface area contributed by atoms with Crippen molar-refractivity contribution >= 4 is 21.8 Å². The first-order valence-electron chi connectivity index (χ1n) is 8.15. The van der Waals surface area contributed by atoms with Crippen LogP contribution in [0.4, 0.5) is 0 Å². The van der Waals surface area contributed by atoms with E-state index in [0.717, 1.165) is 33.4 Å². The summed E-state index contributed by atoms with van der Waals surface area (Å²) in [6, 6.07) is 16.1. The number of benzene rings is 1. The number of carbonyl (C=O) groups is 1. The number of hydrogen-bond acceptors (Lipinski definition) is 3. The molecule has 0 saturated heterocycles. The molecule has 4 nitrogen and oxygen atoms in total. The van der Waals surface area contributed by atoms with Gasteiger partial charge in [0, 0.05) is 41.1 Å². The molecule has 0 atom stereocenters. The van der Waals surface area contributed by atoms with Gasteiger partial charge in [-0.1, -0.05) is 36.4 Å². The molecule has 25 heavy (non-hydrogen) atoms. The molecule has 1 aliphatic heterocycles. The first-order valence-corrected chi connectivity index (χ1v) is 8.94. The predicted molar refractivity (Wildman–Crippen MR) is 100 cm³/mol. The lowest BCUT2D eigenvalue weighted by molar-refractivity contribution is 0.0779. The SMILES string of the molecule is O=C1c2c(Br)ccnc2CN1CCc1ccc(-c2ccccc2)cn1. The van der Waals surface area contributed by atoms with Gasteiger partial charge in [0.05, 0.1) is 17.8 Å². The van der Waals surface area contributed by atoms with Crippen LogP contribution in [0.5, 0.6) is 0 Å². The largest absolute Gasteiger partial charge is 0.332 e. The van der Waals surface area contributed by atoms with E-state index in [-0.39, 0.29) is 5.91 Å². The Balaban J connectivity index is 1.43. The number of aromatic nitrogens is 2. The molecular formula is C20H16BrN3O. The quantitative estimate of drug-likeness (QED) is 0.669. The number of hydrogen-bond donors (Lipinski definition) is 0. The molecule has 0 aliphatic carbocycles. The minimum Gasteiger partial charge on any atom is -0.332 e. The standard InChI is InChI=1S/C20H16BrN3O/c21-17-8-10-22-18-13-24(20(25)19(17)18)11-9-16-7-6-15(12-23-16)14-4-2-1-3-5-14/h1-8,10,12H,9,11,13H2. The first-order chi connectivity index (χ1) is 12.2. The summed E-state index contributed by atoms with van der Waals surface area (Å²) in [5.74, 6) is 0.0379. The Kier molecular flexibility index (Phi) is 4.32. The molecule has 3 heterocycles. The lowest BCUT2D eigenvalue weighted by Crippen LogP contribution is -2.26. The van der Waals surface area contributed by atoms with Gasteiger partial charge in [0.25, 0.3) is 5.91 Å². The van der Waals surface area contributed by atoms with Gasteiger partial charge in [-0.05, 0) is 33.6 Å². The highest BCUT2D eigenvalue weighted by molar-refractivity contribution is 9.10. The molecule has 0 unspecified atom stereocenters. The molecule has 2 aromatic heterocycles. The third-order valence-electron chi connectivity index (χ3n) is 4.39. The summed E-state index contributed by atoms with van der Waals surface area (Å²) in [4.78, 5) is 23.2. The summed E-state index contributed by atoms with van der Waals surface area (Å²) in [6.45, 7) is 1.20. The van der Waals surface area contributed by atoms with Crippen molar-refractivity contribution < 1.29 is 4.79 Å². The number of fused-ring (bicyclic) bond motifs is 1. The van der Waals surface area contributed by atoms with Gasteiger partial charge < -0.3 is 4.90 Å². The summed E-state index contributed by atoms with van der Waals surface area (Å²) < 4.78 is 0.815. The van der Waals surface area contributed by atoms with Crippen LogP contribution in [0.25, 0.3) is 11.1 Å². The van der Waals surface area contributed by atoms with Crippen LogP contribution in [0.3, 0.4) is 0 Å². The van der Waals surface area contributed by atoms with Crippen LogP contribution in [-0.2, 0) is 13.0 Å². The minimum atomic E-state index is 0.0379. The normalized spacial score (nSPS) is 13.2. The second-order valence-electron chi connectivity index (χ2n) is 6.00. The van der Waals surface area contributed by atoms with Gasteiger partial charge in [0.1, 0.15) is 0 Å². The third-order valence-corrected chi connectivity index (χ3v) is 5.05. The fraction of sp³-hybridized carbons (Fsp3) is 0.150. The zero-order chi connectivity index (χ0) is 17.2. The van der Waals surface area contributed by atoms with Crippen molar-refractivity contribution in [3.8, 4) is 11.1 Å². The smallest absolute Gasteiger partial charge is 0.257 e. The van der Waals surface area contributed by atoms with Crippen LogP contribution in [0, 0.1) is 0 Å². The van der Waals surface area contributed by atoms with E-state index in [1.807, 2.05) is 41.4 Å². The Morgan fingerprint density at radius 2 is 1.84 bits per heavy atom. The third kappa shape index (κ3) is 3.20. The van der Waals surface area contributed by atoms with E-state index in [1.165, 1.54) is 0 Å². The number of nitrogens with zero attached hydrogens (tertiary/aromatic N) is 3. The summed E-state index contributed by atoms with van der Waals surface area (Å²) in [5, 5.41) is 0. The van der Waals surface area contributed by atoms with Gasteiger partial charge in [-0.3, -0.25) is 14.8 Å². The lowest BCUT2D eigenvalue weighted by Gasteiger charge is -2.15. The minimum absolute atomic E-state index is 0.0379. The maximum Gasteiger partial charge on any atom is 0.257 e. The molecule has 1 aromatic carbocycles. The summed E-state index contributed by atoms with van der Waals surface area (Å²) in [5.41, 5.74) is 4.77. The van der Waals surface area contributed by atoms with Crippen LogP contribution in [0.1, 0.15) is 21.7 Å². The summed E-state index contributed by atoms with van der Waals surface area (Å²) in [7, 11) is 0. The maximum atomic E-state index is 12.5. The second-order valence-corrected chi connectivity index (χ2v) is 6.85. The van der Waals surface area contributed by atoms with Gasteiger partial charge in [-0.15, -0.1) is 0 Å². The van der Waals surface area contributed by atoms with Crippen LogP contribution in [0.15, 0.2) is 65.4 Å². The average molecular weight is 394 g/mol. The Morgan fingerprint density at radius 1 is 1.00 bits per heavy atom. The van der Waals surface area contributed by atoms with Crippen LogP contribution < -0.4 is 0 Å². The van der Waals surface area contributed by atoms with Crippen molar-refractivity contribution in [1.82, 2.24) is 14.9 Å². The van der Waals surface area contributed by atoms with Crippen molar-refractivity contribution in [3.05, 3.63) is 82.3 Å². The number of rotatable bonds is 4. The highest BCUT2D eigenvalue weighted by atomic mass is 79.9. The Morgan fingerprint density at radius 3 is 2.56 bits per heavy atom. The maximum absolute atomic E-state index is 12.5. The van der Waals surface area contributed by atoms with E-state index in [1.54, 1.807) is 6.20 Å². The highest BCUT2D eigenvalue weighted by Crippen LogP contribution is 2.27. The van der Waals surface area contributed by atoms with E-state index >= 15 is 0 Å². The van der Waals surface area contributed by atoms with E-state index in [0.29, 0.717) is 18.7 Å². The van der Waals surface area contributed by atoms with Gasteiger partial charge in [-0.25, -0.2) is 0 Å². The van der Waals surface area contributed by atoms with E-state index in [4.69, 9.17) is 0 Å². The van der Waals surface area contributed by atoms with Gasteiger partial charge in [-0.2, -0.15) is 0 Å². The number of halogens is 1. The fourth-order valence-electron chi connectivity index (χ4n) is 3.04. The molecule has 0 fully saturated rings. The first kappa shape index (κ1) is 16.0. The van der Waals surface area contributed by atoms with Gasteiger partial charge in [0.15, 0.2) is 0 Å². The lowest BCUT2D eigenvalue weighted by atomic mass is 10.1. The Bertz CT molecular complexity index is 910. The highest BCUT2D eigenvalue weighted by Gasteiger charge is 2.30. The van der Waals surface area contributed by atoms with Crippen molar-refractivity contribution in [2.24, 2.45) is 0 Å². The predicted octanol–water partition coefficient (Wildman–Crippen LogP) is 4.10. The van der Waals surface area contributed by atoms with Crippen LogP contribution >= 0.6 is 15.9 Å². The van der Waals surface area contributed by atoms with E-state index in [2.05, 4.69) is 44.1 Å². The Hall–Kier alpha value is -2.53. The van der Waals surface area contributed by atoms with Gasteiger partial charge >= 0.3 is 0 Å². The number of amides is 1. The van der Waals surface area contributed by atoms with Crippen molar-refractivity contribution in [2.75, 3.05) is 6.54 Å². The second kappa shape index (κ2) is 6.76. The van der Waals surface area contributed by atoms with Crippen molar-refractivity contribution in [1.29, 1.82) is 0 Å². The zero-order valence-corrected chi connectivity index (χ0v) is 15.1. The number of pyridine rings is 2. The monoisotopic (exact) mass is 393 g/mol. The molecule has 0 bridgehead atoms. The van der Waals surface area contributed by atoms with Crippen LogP contribution in [-0.4, -0.2) is 27.3 Å². The summed E-state index contributed by atoms with van der Waals surface area (Å²) >= 11 is 3.44. The molecule has 4 rings (SSSR count). The zero-order valence-electron chi connectivity index (χ0n) is 13.5. The molecule has 5 heteroatoms. The molecule has 1 aliphatic rings. The van der Waals surface area contributed by atoms with Crippen molar-refractivity contribution in [3.63, 3.8) is 0 Å². The molecule has 0 saturated carbocycles. The summed E-state index contributed by atoms with van der Waals surface area (Å²) in [6.07, 6.45) is 4.35. The van der Waals surface area contributed by atoms with E-state index < -0.39 is 0 Å². The van der Waals surface area contributed by atoms with Crippen LogP contribution in [0.2, 0.25) is 0 Å². The molecule has 0 N–H and O–H groups in total. The molecule has 0 radical (unpaired) electrons. The molecule has 124 valence electrons. The molecule has 1 amide bonds.